The zero-order valence-corrected chi connectivity index (χ0v) is 19.7. The maximum absolute atomic E-state index is 13.3. The Hall–Kier alpha value is -2.77. The van der Waals surface area contributed by atoms with Crippen LogP contribution in [0.5, 0.6) is 5.75 Å². The van der Waals surface area contributed by atoms with Gasteiger partial charge in [0.25, 0.3) is 0 Å². The van der Waals surface area contributed by atoms with Gasteiger partial charge >= 0.3 is 0 Å². The monoisotopic (exact) mass is 464 g/mol. The van der Waals surface area contributed by atoms with E-state index in [1.54, 1.807) is 23.9 Å². The summed E-state index contributed by atoms with van der Waals surface area (Å²) in [7, 11) is 1.68. The Balaban J connectivity index is 1.39. The van der Waals surface area contributed by atoms with Gasteiger partial charge in [-0.25, -0.2) is 9.07 Å². The van der Waals surface area contributed by atoms with Gasteiger partial charge in [-0.2, -0.15) is 0 Å². The zero-order valence-electron chi connectivity index (χ0n) is 19.7. The first-order chi connectivity index (χ1) is 16.6. The summed E-state index contributed by atoms with van der Waals surface area (Å²) in [6.07, 6.45) is 8.57. The molecule has 5 rings (SSSR count). The highest BCUT2D eigenvalue weighted by Gasteiger charge is 2.38. The van der Waals surface area contributed by atoms with E-state index in [-0.39, 0.29) is 17.9 Å². The number of piperidine rings is 1. The Labute approximate surface area is 200 Å². The summed E-state index contributed by atoms with van der Waals surface area (Å²) in [5, 5.41) is 19.9. The van der Waals surface area contributed by atoms with Crippen LogP contribution in [0.25, 0.3) is 11.3 Å². The van der Waals surface area contributed by atoms with Gasteiger partial charge in [-0.1, -0.05) is 36.6 Å². The summed E-state index contributed by atoms with van der Waals surface area (Å²) < 4.78 is 20.5. The van der Waals surface area contributed by atoms with Gasteiger partial charge in [0.15, 0.2) is 0 Å². The number of likely N-dealkylation sites (tertiary alicyclic amines) is 1. The summed E-state index contributed by atoms with van der Waals surface area (Å²) in [5.41, 5.74) is 2.72. The number of hydrogen-bond acceptors (Lipinski definition) is 5. The van der Waals surface area contributed by atoms with Crippen molar-refractivity contribution in [3.63, 3.8) is 0 Å². The fourth-order valence-corrected chi connectivity index (χ4v) is 5.58. The second-order valence-electron chi connectivity index (χ2n) is 9.71. The van der Waals surface area contributed by atoms with Gasteiger partial charge in [0.05, 0.1) is 25.5 Å². The number of aliphatic hydroxyl groups is 1. The maximum Gasteiger partial charge on any atom is 0.123 e. The Kier molecular flexibility index (Phi) is 6.92. The highest BCUT2D eigenvalue weighted by molar-refractivity contribution is 5.57. The van der Waals surface area contributed by atoms with Crippen molar-refractivity contribution in [1.82, 2.24) is 19.9 Å². The van der Waals surface area contributed by atoms with Crippen LogP contribution in [0.1, 0.15) is 56.2 Å². The molecule has 0 amide bonds. The minimum Gasteiger partial charge on any atom is -0.497 e. The van der Waals surface area contributed by atoms with Crippen LogP contribution in [0, 0.1) is 11.7 Å². The standard InChI is InChI=1S/C27H33FN4O2/c1-34-23-13-9-21(10-14-23)25-15-26(27(33)18-31(25)16-19-5-3-2-4-6-19)32-17-24(29-30-32)20-7-11-22(28)12-8-20/h7-14,17,19,25-27,33H,2-6,15-16,18H2,1H3/t25-,26-,27-/m1/s1. The topological polar surface area (TPSA) is 63.4 Å². The molecule has 0 bridgehead atoms. The number of hydrogen-bond donors (Lipinski definition) is 1. The highest BCUT2D eigenvalue weighted by Crippen LogP contribution is 2.39. The normalized spacial score (nSPS) is 24.3. The number of halogens is 1. The first-order valence-corrected chi connectivity index (χ1v) is 12.3. The van der Waals surface area contributed by atoms with Gasteiger partial charge in [0.2, 0.25) is 0 Å². The smallest absolute Gasteiger partial charge is 0.123 e. The van der Waals surface area contributed by atoms with Crippen LogP contribution in [-0.4, -0.2) is 51.3 Å². The molecule has 2 heterocycles. The quantitative estimate of drug-likeness (QED) is 0.555. The fraction of sp³-hybridized carbons (Fsp3) is 0.481. The summed E-state index contributed by atoms with van der Waals surface area (Å²) in [6.45, 7) is 1.61. The molecule has 1 aliphatic heterocycles. The van der Waals surface area contributed by atoms with Gasteiger partial charge in [-0.15, -0.1) is 5.10 Å². The molecule has 2 aromatic carbocycles. The van der Waals surface area contributed by atoms with Crippen LogP contribution >= 0.6 is 0 Å². The molecular formula is C27H33FN4O2. The first kappa shape index (κ1) is 23.0. The molecule has 2 aliphatic rings. The van der Waals surface area contributed by atoms with E-state index < -0.39 is 6.10 Å². The molecule has 2 fully saturated rings. The second-order valence-corrected chi connectivity index (χ2v) is 9.71. The molecular weight excluding hydrogens is 431 g/mol. The minimum atomic E-state index is -0.541. The number of rotatable bonds is 6. The maximum atomic E-state index is 13.3. The molecule has 3 atom stereocenters. The predicted molar refractivity (Wildman–Crippen MR) is 129 cm³/mol. The average molecular weight is 465 g/mol. The van der Waals surface area contributed by atoms with E-state index >= 15 is 0 Å². The Morgan fingerprint density at radius 3 is 2.47 bits per heavy atom. The molecule has 0 radical (unpaired) electrons. The van der Waals surface area contributed by atoms with Crippen molar-refractivity contribution >= 4 is 0 Å². The van der Waals surface area contributed by atoms with Crippen molar-refractivity contribution < 1.29 is 14.2 Å². The van der Waals surface area contributed by atoms with Gasteiger partial charge in [0, 0.05) is 24.7 Å². The predicted octanol–water partition coefficient (Wildman–Crippen LogP) is 5.02. The fourth-order valence-electron chi connectivity index (χ4n) is 5.58. The lowest BCUT2D eigenvalue weighted by Gasteiger charge is -2.44. The van der Waals surface area contributed by atoms with Crippen molar-refractivity contribution in [1.29, 1.82) is 0 Å². The lowest BCUT2D eigenvalue weighted by Crippen LogP contribution is -2.48. The molecule has 1 aromatic heterocycles. The third kappa shape index (κ3) is 5.00. The molecule has 3 aromatic rings. The number of β-amino-alcohol motifs (C(OH)–C–C–N with tert-alkyl or cyclic N) is 1. The highest BCUT2D eigenvalue weighted by atomic mass is 19.1. The lowest BCUT2D eigenvalue weighted by molar-refractivity contribution is -0.0181. The van der Waals surface area contributed by atoms with E-state index in [1.807, 2.05) is 18.3 Å². The largest absolute Gasteiger partial charge is 0.497 e. The Morgan fingerprint density at radius 2 is 1.76 bits per heavy atom. The summed E-state index contributed by atoms with van der Waals surface area (Å²) in [5.74, 6) is 1.25. The van der Waals surface area contributed by atoms with E-state index in [4.69, 9.17) is 4.74 Å². The number of methoxy groups -OCH3 is 1. The molecule has 7 heteroatoms. The molecule has 34 heavy (non-hydrogen) atoms. The van der Waals surface area contributed by atoms with Crippen molar-refractivity contribution in [3.05, 3.63) is 66.1 Å². The van der Waals surface area contributed by atoms with Crippen LogP contribution in [0.2, 0.25) is 0 Å². The Bertz CT molecular complexity index is 1060. The molecule has 1 N–H and O–H groups in total. The first-order valence-electron chi connectivity index (χ1n) is 12.3. The number of nitrogens with zero attached hydrogens (tertiary/aromatic N) is 4. The van der Waals surface area contributed by atoms with Crippen molar-refractivity contribution in [2.45, 2.75) is 56.7 Å². The van der Waals surface area contributed by atoms with E-state index in [0.29, 0.717) is 18.2 Å². The van der Waals surface area contributed by atoms with Gasteiger partial charge in [-0.3, -0.25) is 4.90 Å². The SMILES string of the molecule is COc1ccc([C@H]2C[C@@H](n3cc(-c4ccc(F)cc4)nn3)[C@H](O)CN2CC2CCCCC2)cc1. The zero-order chi connectivity index (χ0) is 23.5. The van der Waals surface area contributed by atoms with Crippen molar-refractivity contribution in [2.24, 2.45) is 5.92 Å². The van der Waals surface area contributed by atoms with E-state index in [1.165, 1.54) is 49.8 Å². The van der Waals surface area contributed by atoms with Crippen LogP contribution < -0.4 is 4.74 Å². The Morgan fingerprint density at radius 1 is 1.03 bits per heavy atom. The van der Waals surface area contributed by atoms with Gasteiger partial charge in [-0.05, 0) is 67.1 Å². The average Bonchev–Trinajstić information content (AvgIpc) is 3.35. The third-order valence-electron chi connectivity index (χ3n) is 7.48. The van der Waals surface area contributed by atoms with E-state index in [2.05, 4.69) is 27.3 Å². The van der Waals surface area contributed by atoms with Crippen LogP contribution in [0.15, 0.2) is 54.7 Å². The lowest BCUT2D eigenvalue weighted by atomic mass is 9.85. The molecule has 1 saturated carbocycles. The second kappa shape index (κ2) is 10.2. The van der Waals surface area contributed by atoms with E-state index in [0.717, 1.165) is 24.3 Å². The van der Waals surface area contributed by atoms with Gasteiger partial charge in [0.1, 0.15) is 17.3 Å². The molecule has 1 aliphatic carbocycles. The van der Waals surface area contributed by atoms with Crippen molar-refractivity contribution in [2.75, 3.05) is 20.2 Å². The molecule has 0 spiro atoms. The van der Waals surface area contributed by atoms with Crippen molar-refractivity contribution in [3.8, 4) is 17.0 Å². The minimum absolute atomic E-state index is 0.180. The summed E-state index contributed by atoms with van der Waals surface area (Å²) in [6, 6.07) is 14.5. The van der Waals surface area contributed by atoms with E-state index in [9.17, 15) is 9.50 Å². The molecule has 0 unspecified atom stereocenters. The van der Waals surface area contributed by atoms with Crippen LogP contribution in [0.4, 0.5) is 4.39 Å². The summed E-state index contributed by atoms with van der Waals surface area (Å²) in [4.78, 5) is 2.47. The summed E-state index contributed by atoms with van der Waals surface area (Å²) >= 11 is 0. The molecule has 1 saturated heterocycles. The molecule has 180 valence electrons. The van der Waals surface area contributed by atoms with Gasteiger partial charge < -0.3 is 9.84 Å². The van der Waals surface area contributed by atoms with Crippen LogP contribution in [0.3, 0.4) is 0 Å². The number of ether oxygens (including phenoxy) is 1. The van der Waals surface area contributed by atoms with Crippen LogP contribution in [-0.2, 0) is 0 Å². The number of benzene rings is 2. The molecule has 6 nitrogen and oxygen atoms in total. The number of aromatic nitrogens is 3. The number of aliphatic hydroxyl groups excluding tert-OH is 1. The third-order valence-corrected chi connectivity index (χ3v) is 7.48.